The van der Waals surface area contributed by atoms with Crippen LogP contribution in [0.2, 0.25) is 0 Å². The van der Waals surface area contributed by atoms with E-state index in [1.165, 1.54) is 0 Å². The van der Waals surface area contributed by atoms with E-state index in [9.17, 15) is 4.79 Å². The number of carbonyl (C=O) groups is 1. The molecule has 2 rings (SSSR count). The molecule has 19 heavy (non-hydrogen) atoms. The number of benzene rings is 1. The van der Waals surface area contributed by atoms with Gasteiger partial charge in [0.1, 0.15) is 5.76 Å². The molecule has 1 heterocycles. The fraction of sp³-hybridized carbons (Fsp3) is 0.0667. The van der Waals surface area contributed by atoms with Crippen molar-refractivity contribution in [1.29, 1.82) is 0 Å². The summed E-state index contributed by atoms with van der Waals surface area (Å²) >= 11 is 0. The minimum atomic E-state index is -0.230. The van der Waals surface area contributed by atoms with Gasteiger partial charge in [-0.1, -0.05) is 18.2 Å². The lowest BCUT2D eigenvalue weighted by Gasteiger charge is -1.99. The summed E-state index contributed by atoms with van der Waals surface area (Å²) in [5, 5.41) is 3.99. The van der Waals surface area contributed by atoms with E-state index in [-0.39, 0.29) is 5.91 Å². The third kappa shape index (κ3) is 3.96. The van der Waals surface area contributed by atoms with Crippen molar-refractivity contribution in [3.05, 3.63) is 66.1 Å². The molecule has 0 spiro atoms. The van der Waals surface area contributed by atoms with E-state index >= 15 is 0 Å². The summed E-state index contributed by atoms with van der Waals surface area (Å²) in [5.74, 6) is 0.510. The second-order valence-corrected chi connectivity index (χ2v) is 3.91. The Morgan fingerprint density at radius 1 is 1.21 bits per heavy atom. The number of allylic oxidation sites excluding steroid dienone is 1. The topological polar surface area (TPSA) is 54.6 Å². The average molecular weight is 254 g/mol. The average Bonchev–Trinajstić information content (AvgIpc) is 2.96. The van der Waals surface area contributed by atoms with Gasteiger partial charge in [0.15, 0.2) is 0 Å². The van der Waals surface area contributed by atoms with Gasteiger partial charge >= 0.3 is 0 Å². The van der Waals surface area contributed by atoms with Gasteiger partial charge < -0.3 is 4.42 Å². The number of amides is 1. The zero-order valence-corrected chi connectivity index (χ0v) is 10.5. The van der Waals surface area contributed by atoms with Gasteiger partial charge in [0, 0.05) is 5.56 Å². The molecule has 0 unspecified atom stereocenters. The van der Waals surface area contributed by atoms with Crippen LogP contribution in [0, 0.1) is 0 Å². The molecule has 1 N–H and O–H groups in total. The smallest absolute Gasteiger partial charge is 0.271 e. The molecule has 0 aliphatic carbocycles. The minimum Gasteiger partial charge on any atom is -0.465 e. The first-order valence-corrected chi connectivity index (χ1v) is 5.87. The predicted molar refractivity (Wildman–Crippen MR) is 74.8 cm³/mol. The fourth-order valence-electron chi connectivity index (χ4n) is 1.42. The number of hydrogen-bond acceptors (Lipinski definition) is 3. The molecular formula is C15H14N2O2. The Labute approximate surface area is 111 Å². The van der Waals surface area contributed by atoms with Crippen LogP contribution in [0.1, 0.15) is 23.0 Å². The van der Waals surface area contributed by atoms with Crippen LogP contribution in [0.5, 0.6) is 0 Å². The summed E-state index contributed by atoms with van der Waals surface area (Å²) < 4.78 is 5.15. The molecule has 0 atom stereocenters. The number of hydrogen-bond donors (Lipinski definition) is 1. The standard InChI is InChI=1S/C15H14N2O2/c1-12(9-10-14-8-5-11-19-14)16-17-15(18)13-6-3-2-4-7-13/h2-11H,1H3,(H,17,18)/b10-9+,16-12+. The maximum atomic E-state index is 11.7. The molecule has 1 amide bonds. The number of furan rings is 1. The van der Waals surface area contributed by atoms with Gasteiger partial charge in [0.2, 0.25) is 0 Å². The maximum absolute atomic E-state index is 11.7. The summed E-state index contributed by atoms with van der Waals surface area (Å²) in [6, 6.07) is 12.6. The van der Waals surface area contributed by atoms with E-state index in [1.807, 2.05) is 30.3 Å². The molecule has 0 radical (unpaired) electrons. The Balaban J connectivity index is 1.93. The monoisotopic (exact) mass is 254 g/mol. The highest BCUT2D eigenvalue weighted by Gasteiger charge is 2.01. The second-order valence-electron chi connectivity index (χ2n) is 3.91. The molecular weight excluding hydrogens is 240 g/mol. The van der Waals surface area contributed by atoms with Crippen molar-refractivity contribution < 1.29 is 9.21 Å². The van der Waals surface area contributed by atoms with E-state index in [1.54, 1.807) is 37.5 Å². The van der Waals surface area contributed by atoms with Crippen molar-refractivity contribution in [2.45, 2.75) is 6.92 Å². The molecule has 4 nitrogen and oxygen atoms in total. The van der Waals surface area contributed by atoms with Gasteiger partial charge in [0.05, 0.1) is 12.0 Å². The van der Waals surface area contributed by atoms with Crippen molar-refractivity contribution in [2.75, 3.05) is 0 Å². The lowest BCUT2D eigenvalue weighted by molar-refractivity contribution is 0.0955. The lowest BCUT2D eigenvalue weighted by Crippen LogP contribution is -2.18. The first kappa shape index (κ1) is 12.8. The first-order chi connectivity index (χ1) is 9.25. The molecule has 0 fully saturated rings. The zero-order valence-electron chi connectivity index (χ0n) is 10.5. The van der Waals surface area contributed by atoms with Crippen molar-refractivity contribution in [2.24, 2.45) is 5.10 Å². The van der Waals surface area contributed by atoms with Crippen molar-refractivity contribution in [1.82, 2.24) is 5.43 Å². The largest absolute Gasteiger partial charge is 0.465 e. The van der Waals surface area contributed by atoms with E-state index in [0.29, 0.717) is 11.3 Å². The summed E-state index contributed by atoms with van der Waals surface area (Å²) in [7, 11) is 0. The Bertz CT molecular complexity index is 584. The highest BCUT2D eigenvalue weighted by molar-refractivity contribution is 5.99. The number of nitrogens with one attached hydrogen (secondary N) is 1. The van der Waals surface area contributed by atoms with Crippen LogP contribution in [0.15, 0.2) is 64.3 Å². The molecule has 1 aromatic heterocycles. The molecule has 0 bridgehead atoms. The van der Waals surface area contributed by atoms with Gasteiger partial charge in [-0.3, -0.25) is 4.79 Å². The van der Waals surface area contributed by atoms with Gasteiger partial charge in [-0.2, -0.15) is 5.10 Å². The molecule has 1 aromatic carbocycles. The van der Waals surface area contributed by atoms with Gasteiger partial charge in [-0.15, -0.1) is 0 Å². The Hall–Kier alpha value is -2.62. The van der Waals surface area contributed by atoms with Gasteiger partial charge in [0.25, 0.3) is 5.91 Å². The summed E-state index contributed by atoms with van der Waals surface area (Å²) in [6.07, 6.45) is 5.15. The van der Waals surface area contributed by atoms with E-state index < -0.39 is 0 Å². The fourth-order valence-corrected chi connectivity index (χ4v) is 1.42. The molecule has 0 aliphatic heterocycles. The van der Waals surface area contributed by atoms with Crippen molar-refractivity contribution >= 4 is 17.7 Å². The molecule has 0 saturated carbocycles. The zero-order chi connectivity index (χ0) is 13.5. The van der Waals surface area contributed by atoms with Gasteiger partial charge in [-0.25, -0.2) is 5.43 Å². The van der Waals surface area contributed by atoms with Crippen LogP contribution in [-0.4, -0.2) is 11.6 Å². The highest BCUT2D eigenvalue weighted by Crippen LogP contribution is 2.02. The van der Waals surface area contributed by atoms with Crippen molar-refractivity contribution in [3.8, 4) is 0 Å². The van der Waals surface area contributed by atoms with Crippen LogP contribution in [0.3, 0.4) is 0 Å². The Kier molecular flexibility index (Phi) is 4.29. The van der Waals surface area contributed by atoms with Gasteiger partial charge in [-0.05, 0) is 43.3 Å². The SMILES string of the molecule is CC(/C=C/c1ccco1)=N\NC(=O)c1ccccc1. The predicted octanol–water partition coefficient (Wildman–Crippen LogP) is 3.10. The maximum Gasteiger partial charge on any atom is 0.271 e. The third-order valence-electron chi connectivity index (χ3n) is 2.40. The summed E-state index contributed by atoms with van der Waals surface area (Å²) in [4.78, 5) is 11.7. The molecule has 96 valence electrons. The lowest BCUT2D eigenvalue weighted by atomic mass is 10.2. The van der Waals surface area contributed by atoms with Crippen LogP contribution in [0.25, 0.3) is 6.08 Å². The quantitative estimate of drug-likeness (QED) is 0.673. The van der Waals surface area contributed by atoms with Crippen LogP contribution < -0.4 is 5.43 Å². The second kappa shape index (κ2) is 6.35. The molecule has 4 heteroatoms. The van der Waals surface area contributed by atoms with E-state index in [0.717, 1.165) is 5.76 Å². The third-order valence-corrected chi connectivity index (χ3v) is 2.40. The molecule has 0 saturated heterocycles. The normalized spacial score (nSPS) is 11.7. The van der Waals surface area contributed by atoms with Crippen molar-refractivity contribution in [3.63, 3.8) is 0 Å². The number of nitrogens with zero attached hydrogens (tertiary/aromatic N) is 1. The number of rotatable bonds is 4. The molecule has 0 aliphatic rings. The van der Waals surface area contributed by atoms with E-state index in [4.69, 9.17) is 4.42 Å². The summed E-state index contributed by atoms with van der Waals surface area (Å²) in [5.41, 5.74) is 3.75. The highest BCUT2D eigenvalue weighted by atomic mass is 16.3. The minimum absolute atomic E-state index is 0.230. The Morgan fingerprint density at radius 3 is 2.68 bits per heavy atom. The molecule has 2 aromatic rings. The first-order valence-electron chi connectivity index (χ1n) is 5.87. The van der Waals surface area contributed by atoms with Crippen LogP contribution >= 0.6 is 0 Å². The number of hydrazone groups is 1. The van der Waals surface area contributed by atoms with Crippen LogP contribution in [0.4, 0.5) is 0 Å². The van der Waals surface area contributed by atoms with Crippen LogP contribution in [-0.2, 0) is 0 Å². The van der Waals surface area contributed by atoms with E-state index in [2.05, 4.69) is 10.5 Å². The summed E-state index contributed by atoms with van der Waals surface area (Å²) in [6.45, 7) is 1.80. The number of carbonyl (C=O) groups excluding carboxylic acids is 1. The Morgan fingerprint density at radius 2 is 2.00 bits per heavy atom.